The third-order valence-electron chi connectivity index (χ3n) is 8.03. The van der Waals surface area contributed by atoms with Gasteiger partial charge in [-0.25, -0.2) is 4.98 Å². The van der Waals surface area contributed by atoms with Gasteiger partial charge in [0.1, 0.15) is 0 Å². The highest BCUT2D eigenvalue weighted by Gasteiger charge is 2.29. The van der Waals surface area contributed by atoms with Crippen LogP contribution in [0.2, 0.25) is 0 Å². The van der Waals surface area contributed by atoms with Gasteiger partial charge in [-0.2, -0.15) is 0 Å². The van der Waals surface area contributed by atoms with E-state index >= 15 is 0 Å². The van der Waals surface area contributed by atoms with Crippen LogP contribution in [0.25, 0.3) is 11.0 Å². The Morgan fingerprint density at radius 3 is 2.66 bits per heavy atom. The standard InChI is InChI=1S/C29H39N5O/c1-4-32-15-7-8-25(32)19-30-28(35)23-13-16-33(17-14-23)29-31-26-9-5-6-10-27(26)34(29)20-24-18-21(2)11-12-22(24)3/h5-6,9-12,18,23,25H,4,7-8,13-17,19-20H2,1-3H3,(H,30,35)/t25-/m0/s1. The molecule has 1 amide bonds. The van der Waals surface area contributed by atoms with Crippen molar-refractivity contribution in [1.82, 2.24) is 19.8 Å². The molecule has 35 heavy (non-hydrogen) atoms. The quantitative estimate of drug-likeness (QED) is 0.548. The predicted molar refractivity (Wildman–Crippen MR) is 143 cm³/mol. The molecule has 3 aromatic rings. The Balaban J connectivity index is 1.28. The van der Waals surface area contributed by atoms with Gasteiger partial charge in [0.05, 0.1) is 17.6 Å². The number of hydrogen-bond donors (Lipinski definition) is 1. The van der Waals surface area contributed by atoms with Gasteiger partial charge in [0.15, 0.2) is 0 Å². The summed E-state index contributed by atoms with van der Waals surface area (Å²) < 4.78 is 2.36. The van der Waals surface area contributed by atoms with E-state index in [4.69, 9.17) is 4.98 Å². The Bertz CT molecular complexity index is 1180. The van der Waals surface area contributed by atoms with Crippen molar-refractivity contribution < 1.29 is 4.79 Å². The van der Waals surface area contributed by atoms with Crippen molar-refractivity contribution >= 4 is 22.9 Å². The lowest BCUT2D eigenvalue weighted by Crippen LogP contribution is -2.45. The molecule has 0 saturated carbocycles. The summed E-state index contributed by atoms with van der Waals surface area (Å²) in [5.41, 5.74) is 6.11. The summed E-state index contributed by atoms with van der Waals surface area (Å²) in [6, 6.07) is 15.6. The average Bonchev–Trinajstić information content (AvgIpc) is 3.49. The van der Waals surface area contributed by atoms with E-state index in [1.54, 1.807) is 0 Å². The Hall–Kier alpha value is -2.86. The maximum atomic E-state index is 12.9. The van der Waals surface area contributed by atoms with Crippen molar-refractivity contribution in [2.75, 3.05) is 37.6 Å². The molecule has 2 fully saturated rings. The SMILES string of the molecule is CCN1CCC[C@H]1CNC(=O)C1CCN(c2nc3ccccc3n2Cc2cc(C)ccc2C)CC1. The first-order valence-electron chi connectivity index (χ1n) is 13.3. The van der Waals surface area contributed by atoms with Crippen LogP contribution in [0, 0.1) is 19.8 Å². The molecule has 2 aliphatic heterocycles. The van der Waals surface area contributed by atoms with Gasteiger partial charge in [-0.1, -0.05) is 42.8 Å². The second kappa shape index (κ2) is 10.4. The zero-order chi connectivity index (χ0) is 24.4. The monoisotopic (exact) mass is 473 g/mol. The fourth-order valence-corrected chi connectivity index (χ4v) is 5.85. The Kier molecular flexibility index (Phi) is 7.09. The van der Waals surface area contributed by atoms with Crippen LogP contribution in [-0.4, -0.2) is 59.1 Å². The second-order valence-electron chi connectivity index (χ2n) is 10.3. The van der Waals surface area contributed by atoms with Crippen LogP contribution < -0.4 is 10.2 Å². The van der Waals surface area contributed by atoms with Crippen LogP contribution >= 0.6 is 0 Å². The number of imidazole rings is 1. The van der Waals surface area contributed by atoms with Crippen LogP contribution in [0.4, 0.5) is 5.95 Å². The number of nitrogens with zero attached hydrogens (tertiary/aromatic N) is 4. The van der Waals surface area contributed by atoms with Crippen molar-refractivity contribution in [1.29, 1.82) is 0 Å². The number of para-hydroxylation sites is 2. The maximum Gasteiger partial charge on any atom is 0.223 e. The van der Waals surface area contributed by atoms with Gasteiger partial charge in [0, 0.05) is 31.6 Å². The van der Waals surface area contributed by atoms with Crippen LogP contribution in [0.1, 0.15) is 49.3 Å². The number of benzene rings is 2. The molecule has 2 saturated heterocycles. The molecule has 2 aromatic carbocycles. The highest BCUT2D eigenvalue weighted by Crippen LogP contribution is 2.29. The minimum absolute atomic E-state index is 0.0968. The third-order valence-corrected chi connectivity index (χ3v) is 8.03. The van der Waals surface area contributed by atoms with E-state index in [1.807, 2.05) is 0 Å². The number of rotatable bonds is 7. The summed E-state index contributed by atoms with van der Waals surface area (Å²) in [6.07, 6.45) is 4.19. The van der Waals surface area contributed by atoms with Crippen molar-refractivity contribution in [3.63, 3.8) is 0 Å². The van der Waals surface area contributed by atoms with E-state index in [0.717, 1.165) is 57.0 Å². The van der Waals surface area contributed by atoms with E-state index < -0.39 is 0 Å². The number of aryl methyl sites for hydroxylation is 2. The molecule has 1 atom stereocenters. The Morgan fingerprint density at radius 1 is 1.06 bits per heavy atom. The number of nitrogens with one attached hydrogen (secondary N) is 1. The van der Waals surface area contributed by atoms with E-state index in [-0.39, 0.29) is 11.8 Å². The number of hydrogen-bond acceptors (Lipinski definition) is 4. The number of fused-ring (bicyclic) bond motifs is 1. The van der Waals surface area contributed by atoms with Crippen LogP contribution in [0.15, 0.2) is 42.5 Å². The first-order chi connectivity index (χ1) is 17.0. The summed E-state index contributed by atoms with van der Waals surface area (Å²) in [5, 5.41) is 3.27. The van der Waals surface area contributed by atoms with Crippen LogP contribution in [0.5, 0.6) is 0 Å². The number of aromatic nitrogens is 2. The number of carbonyl (C=O) groups excluding carboxylic acids is 1. The summed E-state index contributed by atoms with van der Waals surface area (Å²) in [6.45, 7) is 12.1. The molecule has 0 aliphatic carbocycles. The molecule has 2 aliphatic rings. The van der Waals surface area contributed by atoms with Gasteiger partial charge in [-0.05, 0) is 75.9 Å². The van der Waals surface area contributed by atoms with Crippen molar-refractivity contribution in [3.8, 4) is 0 Å². The van der Waals surface area contributed by atoms with Gasteiger partial charge in [-0.3, -0.25) is 9.69 Å². The fraction of sp³-hybridized carbons (Fsp3) is 0.517. The molecule has 1 N–H and O–H groups in total. The zero-order valence-electron chi connectivity index (χ0n) is 21.5. The minimum Gasteiger partial charge on any atom is -0.354 e. The molecule has 186 valence electrons. The highest BCUT2D eigenvalue weighted by molar-refractivity contribution is 5.80. The number of likely N-dealkylation sites (tertiary alicyclic amines) is 1. The summed E-state index contributed by atoms with van der Waals surface area (Å²) in [4.78, 5) is 22.9. The summed E-state index contributed by atoms with van der Waals surface area (Å²) >= 11 is 0. The number of amides is 1. The van der Waals surface area contributed by atoms with E-state index in [2.05, 4.69) is 82.9 Å². The molecular formula is C29H39N5O. The van der Waals surface area contributed by atoms with Crippen LogP contribution in [-0.2, 0) is 11.3 Å². The maximum absolute atomic E-state index is 12.9. The van der Waals surface area contributed by atoms with Gasteiger partial charge in [0.2, 0.25) is 11.9 Å². The fourth-order valence-electron chi connectivity index (χ4n) is 5.85. The van der Waals surface area contributed by atoms with Crippen LogP contribution in [0.3, 0.4) is 0 Å². The zero-order valence-corrected chi connectivity index (χ0v) is 21.5. The average molecular weight is 474 g/mol. The molecule has 6 nitrogen and oxygen atoms in total. The normalized spacial score (nSPS) is 19.5. The number of piperidine rings is 1. The van der Waals surface area contributed by atoms with E-state index in [0.29, 0.717) is 6.04 Å². The summed E-state index contributed by atoms with van der Waals surface area (Å²) in [7, 11) is 0. The number of carbonyl (C=O) groups is 1. The van der Waals surface area contributed by atoms with Crippen molar-refractivity contribution in [2.45, 2.75) is 59.0 Å². The van der Waals surface area contributed by atoms with Gasteiger partial charge in [0.25, 0.3) is 0 Å². The van der Waals surface area contributed by atoms with Gasteiger partial charge < -0.3 is 14.8 Å². The smallest absolute Gasteiger partial charge is 0.223 e. The first-order valence-corrected chi connectivity index (χ1v) is 13.3. The molecule has 1 aromatic heterocycles. The minimum atomic E-state index is 0.0968. The molecule has 5 rings (SSSR count). The van der Waals surface area contributed by atoms with Crippen molar-refractivity contribution in [3.05, 3.63) is 59.2 Å². The molecule has 6 heteroatoms. The van der Waals surface area contributed by atoms with Gasteiger partial charge >= 0.3 is 0 Å². The molecular weight excluding hydrogens is 434 g/mol. The third kappa shape index (κ3) is 5.08. The molecule has 0 radical (unpaired) electrons. The lowest BCUT2D eigenvalue weighted by molar-refractivity contribution is -0.125. The number of likely N-dealkylation sites (N-methyl/N-ethyl adjacent to an activating group) is 1. The highest BCUT2D eigenvalue weighted by atomic mass is 16.1. The lowest BCUT2D eigenvalue weighted by Gasteiger charge is -2.33. The molecule has 0 bridgehead atoms. The molecule has 0 unspecified atom stereocenters. The first kappa shape index (κ1) is 23.9. The largest absolute Gasteiger partial charge is 0.354 e. The van der Waals surface area contributed by atoms with E-state index in [9.17, 15) is 4.79 Å². The van der Waals surface area contributed by atoms with Gasteiger partial charge in [-0.15, -0.1) is 0 Å². The molecule has 3 heterocycles. The second-order valence-corrected chi connectivity index (χ2v) is 10.3. The Labute approximate surface area is 209 Å². The number of anilines is 1. The predicted octanol–water partition coefficient (Wildman–Crippen LogP) is 4.52. The summed E-state index contributed by atoms with van der Waals surface area (Å²) in [5.74, 6) is 1.35. The molecule has 0 spiro atoms. The van der Waals surface area contributed by atoms with E-state index in [1.165, 1.54) is 41.6 Å². The topological polar surface area (TPSA) is 53.4 Å². The Morgan fingerprint density at radius 2 is 1.86 bits per heavy atom. The van der Waals surface area contributed by atoms with Crippen molar-refractivity contribution in [2.24, 2.45) is 5.92 Å². The lowest BCUT2D eigenvalue weighted by atomic mass is 9.96.